The molecular formula is C24H17ClN2O2. The normalized spacial score (nSPS) is 11.1. The molecule has 0 fully saturated rings. The first kappa shape index (κ1) is 18.7. The molecule has 2 N–H and O–H groups in total. The number of anilines is 2. The first-order valence-electron chi connectivity index (χ1n) is 9.01. The lowest BCUT2D eigenvalue weighted by molar-refractivity contribution is 0.104. The molecule has 0 bridgehead atoms. The predicted molar refractivity (Wildman–Crippen MR) is 118 cm³/mol. The van der Waals surface area contributed by atoms with E-state index in [-0.39, 0.29) is 11.5 Å². The van der Waals surface area contributed by atoms with Crippen molar-refractivity contribution in [2.75, 3.05) is 5.32 Å². The largest absolute Gasteiger partial charge is 0.508 e. The molecule has 0 amide bonds. The lowest BCUT2D eigenvalue weighted by Gasteiger charge is -2.10. The molecule has 1 aromatic heterocycles. The van der Waals surface area contributed by atoms with Gasteiger partial charge in [0.05, 0.1) is 5.52 Å². The van der Waals surface area contributed by atoms with Gasteiger partial charge in [0.2, 0.25) is 0 Å². The Morgan fingerprint density at radius 1 is 1.00 bits per heavy atom. The van der Waals surface area contributed by atoms with Crippen LogP contribution in [0.2, 0.25) is 5.02 Å². The fraction of sp³-hybridized carbons (Fsp3) is 0. The zero-order valence-electron chi connectivity index (χ0n) is 15.3. The van der Waals surface area contributed by atoms with Crippen LogP contribution in [0.5, 0.6) is 5.75 Å². The molecule has 0 saturated heterocycles. The maximum absolute atomic E-state index is 12.6. The van der Waals surface area contributed by atoms with Crippen molar-refractivity contribution in [1.29, 1.82) is 0 Å². The number of nitrogens with zero attached hydrogens (tertiary/aromatic N) is 1. The van der Waals surface area contributed by atoms with E-state index in [0.29, 0.717) is 10.6 Å². The summed E-state index contributed by atoms with van der Waals surface area (Å²) >= 11 is 6.05. The summed E-state index contributed by atoms with van der Waals surface area (Å²) in [7, 11) is 0. The molecule has 4 aromatic rings. The van der Waals surface area contributed by atoms with E-state index in [1.54, 1.807) is 42.6 Å². The summed E-state index contributed by atoms with van der Waals surface area (Å²) in [5, 5.41) is 14.3. The number of benzene rings is 3. The van der Waals surface area contributed by atoms with Crippen LogP contribution in [0.15, 0.2) is 85.1 Å². The van der Waals surface area contributed by atoms with E-state index >= 15 is 0 Å². The van der Waals surface area contributed by atoms with Gasteiger partial charge < -0.3 is 10.4 Å². The number of phenolic OH excluding ortho intramolecular Hbond substituents is 1. The molecule has 1 heterocycles. The van der Waals surface area contributed by atoms with Gasteiger partial charge in [-0.05, 0) is 60.2 Å². The van der Waals surface area contributed by atoms with Crippen LogP contribution in [0, 0.1) is 0 Å². The van der Waals surface area contributed by atoms with Gasteiger partial charge in [-0.1, -0.05) is 41.9 Å². The maximum Gasteiger partial charge on any atom is 0.185 e. The van der Waals surface area contributed by atoms with Gasteiger partial charge in [0, 0.05) is 33.5 Å². The van der Waals surface area contributed by atoms with Gasteiger partial charge in [0.1, 0.15) is 5.75 Å². The Bertz CT molecular complexity index is 1220. The third kappa shape index (κ3) is 4.45. The Morgan fingerprint density at radius 3 is 2.66 bits per heavy atom. The molecule has 0 aliphatic carbocycles. The molecule has 0 saturated carbocycles. The Morgan fingerprint density at radius 2 is 1.83 bits per heavy atom. The minimum atomic E-state index is -0.104. The van der Waals surface area contributed by atoms with Crippen LogP contribution in [0.1, 0.15) is 15.9 Å². The number of carbonyl (C=O) groups excluding carboxylic acids is 1. The summed E-state index contributed by atoms with van der Waals surface area (Å²) in [6.07, 6.45) is 4.97. The topological polar surface area (TPSA) is 62.2 Å². The monoisotopic (exact) mass is 400 g/mol. The SMILES string of the molecule is O=C(C=Cc1ccc(O)cc1)c1cccc(Nc2ccnc3cc(Cl)ccc23)c1. The third-order valence-corrected chi connectivity index (χ3v) is 4.69. The minimum Gasteiger partial charge on any atom is -0.508 e. The van der Waals surface area contributed by atoms with E-state index in [2.05, 4.69) is 10.3 Å². The van der Waals surface area contributed by atoms with Crippen molar-refractivity contribution < 1.29 is 9.90 Å². The molecule has 5 heteroatoms. The first-order chi connectivity index (χ1) is 14.1. The van der Waals surface area contributed by atoms with Crippen molar-refractivity contribution in [1.82, 2.24) is 4.98 Å². The average Bonchev–Trinajstić information content (AvgIpc) is 2.73. The Labute approximate surface area is 173 Å². The molecule has 0 aliphatic rings. The van der Waals surface area contributed by atoms with Gasteiger partial charge in [-0.15, -0.1) is 0 Å². The predicted octanol–water partition coefficient (Wildman–Crippen LogP) is 6.23. The summed E-state index contributed by atoms with van der Waals surface area (Å²) in [6.45, 7) is 0. The number of hydrogen-bond acceptors (Lipinski definition) is 4. The van der Waals surface area contributed by atoms with Crippen LogP contribution < -0.4 is 5.32 Å². The van der Waals surface area contributed by atoms with Crippen LogP contribution in [0.25, 0.3) is 17.0 Å². The number of ketones is 1. The van der Waals surface area contributed by atoms with E-state index in [1.807, 2.05) is 42.5 Å². The minimum absolute atomic E-state index is 0.104. The number of rotatable bonds is 5. The number of pyridine rings is 1. The molecule has 4 rings (SSSR count). The highest BCUT2D eigenvalue weighted by Gasteiger charge is 2.06. The molecule has 0 radical (unpaired) electrons. The summed E-state index contributed by atoms with van der Waals surface area (Å²) in [6, 6.07) is 21.4. The van der Waals surface area contributed by atoms with Gasteiger partial charge in [-0.3, -0.25) is 9.78 Å². The summed E-state index contributed by atoms with van der Waals surface area (Å²) in [5.74, 6) is 0.0891. The number of aromatic nitrogens is 1. The molecule has 29 heavy (non-hydrogen) atoms. The van der Waals surface area contributed by atoms with E-state index in [9.17, 15) is 9.90 Å². The second kappa shape index (κ2) is 8.17. The number of aromatic hydroxyl groups is 1. The van der Waals surface area contributed by atoms with E-state index in [0.717, 1.165) is 27.8 Å². The van der Waals surface area contributed by atoms with Gasteiger partial charge in [0.15, 0.2) is 5.78 Å². The van der Waals surface area contributed by atoms with Crippen molar-refractivity contribution in [3.8, 4) is 5.75 Å². The zero-order chi connectivity index (χ0) is 20.2. The Hall–Kier alpha value is -3.63. The number of carbonyl (C=O) groups is 1. The lowest BCUT2D eigenvalue weighted by atomic mass is 10.1. The van der Waals surface area contributed by atoms with Crippen LogP contribution in [-0.4, -0.2) is 15.9 Å². The Kier molecular flexibility index (Phi) is 5.27. The third-order valence-electron chi connectivity index (χ3n) is 4.45. The standard InChI is InChI=1S/C24H17ClN2O2/c25-18-7-10-21-22(12-13-26-23(21)15-18)27-19-3-1-2-17(14-19)24(29)11-6-16-4-8-20(28)9-5-16/h1-15,28H,(H,26,27). The molecule has 3 aromatic carbocycles. The molecule has 4 nitrogen and oxygen atoms in total. The lowest BCUT2D eigenvalue weighted by Crippen LogP contribution is -1.97. The first-order valence-corrected chi connectivity index (χ1v) is 9.39. The van der Waals surface area contributed by atoms with E-state index in [1.165, 1.54) is 6.08 Å². The van der Waals surface area contributed by atoms with E-state index in [4.69, 9.17) is 11.6 Å². The second-order valence-electron chi connectivity index (χ2n) is 6.51. The van der Waals surface area contributed by atoms with Gasteiger partial charge in [0.25, 0.3) is 0 Å². The highest BCUT2D eigenvalue weighted by Crippen LogP contribution is 2.27. The molecular weight excluding hydrogens is 384 g/mol. The van der Waals surface area contributed by atoms with Crippen LogP contribution in [-0.2, 0) is 0 Å². The number of allylic oxidation sites excluding steroid dienone is 1. The molecule has 0 unspecified atom stereocenters. The highest BCUT2D eigenvalue weighted by molar-refractivity contribution is 6.31. The number of phenols is 1. The summed E-state index contributed by atoms with van der Waals surface area (Å²) in [5.41, 5.74) is 3.90. The quantitative estimate of drug-likeness (QED) is 0.307. The van der Waals surface area contributed by atoms with Gasteiger partial charge >= 0.3 is 0 Å². The van der Waals surface area contributed by atoms with Crippen molar-refractivity contribution in [3.63, 3.8) is 0 Å². The van der Waals surface area contributed by atoms with Crippen molar-refractivity contribution in [3.05, 3.63) is 101 Å². The molecule has 0 spiro atoms. The van der Waals surface area contributed by atoms with Crippen molar-refractivity contribution in [2.24, 2.45) is 0 Å². The van der Waals surface area contributed by atoms with Crippen LogP contribution in [0.4, 0.5) is 11.4 Å². The number of halogens is 1. The molecule has 142 valence electrons. The van der Waals surface area contributed by atoms with Gasteiger partial charge in [-0.25, -0.2) is 0 Å². The second-order valence-corrected chi connectivity index (χ2v) is 6.95. The van der Waals surface area contributed by atoms with Crippen molar-refractivity contribution in [2.45, 2.75) is 0 Å². The highest BCUT2D eigenvalue weighted by atomic mass is 35.5. The van der Waals surface area contributed by atoms with Crippen LogP contribution >= 0.6 is 11.6 Å². The van der Waals surface area contributed by atoms with Crippen molar-refractivity contribution >= 4 is 45.7 Å². The number of hydrogen-bond donors (Lipinski definition) is 2. The van der Waals surface area contributed by atoms with Crippen LogP contribution in [0.3, 0.4) is 0 Å². The Balaban J connectivity index is 1.56. The fourth-order valence-corrected chi connectivity index (χ4v) is 3.16. The summed E-state index contributed by atoms with van der Waals surface area (Å²) in [4.78, 5) is 16.9. The van der Waals surface area contributed by atoms with E-state index < -0.39 is 0 Å². The zero-order valence-corrected chi connectivity index (χ0v) is 16.1. The number of nitrogens with one attached hydrogen (secondary N) is 1. The fourth-order valence-electron chi connectivity index (χ4n) is 2.99. The number of fused-ring (bicyclic) bond motifs is 1. The van der Waals surface area contributed by atoms with Gasteiger partial charge in [-0.2, -0.15) is 0 Å². The maximum atomic E-state index is 12.6. The smallest absolute Gasteiger partial charge is 0.185 e. The summed E-state index contributed by atoms with van der Waals surface area (Å²) < 4.78 is 0. The molecule has 0 atom stereocenters. The average molecular weight is 401 g/mol. The molecule has 0 aliphatic heterocycles.